The van der Waals surface area contributed by atoms with Crippen LogP contribution in [-0.4, -0.2) is 16.4 Å². The van der Waals surface area contributed by atoms with Crippen LogP contribution in [0.1, 0.15) is 128 Å². The first-order valence-electron chi connectivity index (χ1n) is 17.9. The van der Waals surface area contributed by atoms with Crippen LogP contribution in [0.4, 0.5) is 11.4 Å². The number of pyridine rings is 1. The highest BCUT2D eigenvalue weighted by Gasteiger charge is 2.25. The van der Waals surface area contributed by atoms with Crippen molar-refractivity contribution in [3.05, 3.63) is 160 Å². The van der Waals surface area contributed by atoms with E-state index in [4.69, 9.17) is 15.0 Å². The molecule has 5 aromatic rings. The lowest BCUT2D eigenvalue weighted by molar-refractivity contribution is 0.578. The Labute approximate surface area is 301 Å². The molecule has 0 N–H and O–H groups in total. The fourth-order valence-corrected chi connectivity index (χ4v) is 6.12. The number of aliphatic imine (C=N–C) groups is 2. The Kier molecular flexibility index (Phi) is 10.2. The molecule has 1 heterocycles. The van der Waals surface area contributed by atoms with E-state index in [1.54, 1.807) is 0 Å². The van der Waals surface area contributed by atoms with Gasteiger partial charge in [0.2, 0.25) is 0 Å². The molecule has 0 bridgehead atoms. The molecule has 4 aromatic carbocycles. The average Bonchev–Trinajstić information content (AvgIpc) is 3.05. The predicted octanol–water partition coefficient (Wildman–Crippen LogP) is 12.6. The van der Waals surface area contributed by atoms with Crippen LogP contribution in [0.5, 0.6) is 0 Å². The van der Waals surface area contributed by atoms with Gasteiger partial charge in [0.25, 0.3) is 0 Å². The van der Waals surface area contributed by atoms with Crippen LogP contribution in [0.2, 0.25) is 0 Å². The number of rotatable bonds is 6. The maximum Gasteiger partial charge on any atom is 0.0966 e. The van der Waals surface area contributed by atoms with E-state index in [1.807, 2.05) is 12.1 Å². The molecule has 0 radical (unpaired) electrons. The number of aromatic nitrogens is 1. The summed E-state index contributed by atoms with van der Waals surface area (Å²) < 4.78 is 0. The van der Waals surface area contributed by atoms with Crippen molar-refractivity contribution < 1.29 is 0 Å². The molecule has 0 aliphatic heterocycles. The normalized spacial score (nSPS) is 13.4. The number of nitrogens with zero attached hydrogens (tertiary/aromatic N) is 3. The van der Waals surface area contributed by atoms with Crippen molar-refractivity contribution in [1.29, 1.82) is 0 Å². The van der Waals surface area contributed by atoms with Crippen molar-refractivity contribution in [2.75, 3.05) is 0 Å². The lowest BCUT2D eigenvalue weighted by Crippen LogP contribution is -2.16. The topological polar surface area (TPSA) is 37.6 Å². The van der Waals surface area contributed by atoms with E-state index >= 15 is 0 Å². The predicted molar refractivity (Wildman–Crippen MR) is 215 cm³/mol. The number of benzene rings is 4. The van der Waals surface area contributed by atoms with E-state index in [1.165, 1.54) is 22.3 Å². The molecule has 0 fully saturated rings. The van der Waals surface area contributed by atoms with Crippen LogP contribution < -0.4 is 0 Å². The molecule has 0 spiro atoms. The molecule has 3 heteroatoms. The minimum Gasteiger partial charge on any atom is -0.246 e. The highest BCUT2D eigenvalue weighted by molar-refractivity contribution is 6.16. The standard InChI is InChI=1S/C47H55N3/c1-44(2,3)34-26-28-36(46(7,8)9)40(30-34)49-42(32-20-15-13-16-21-32)38-24-19-25-39(48-38)43(33-22-17-14-18-23-33)50-41-31-35(45(4,5)6)27-29-37(41)47(10,11)12/h13-31H,1-12H3. The molecule has 1 aromatic heterocycles. The van der Waals surface area contributed by atoms with Crippen molar-refractivity contribution >= 4 is 22.8 Å². The number of hydrogen-bond donors (Lipinski definition) is 0. The van der Waals surface area contributed by atoms with Crippen LogP contribution in [0.25, 0.3) is 0 Å². The Morgan fingerprint density at radius 2 is 0.760 bits per heavy atom. The highest BCUT2D eigenvalue weighted by atomic mass is 14.9. The lowest BCUT2D eigenvalue weighted by Gasteiger charge is -2.26. The van der Waals surface area contributed by atoms with Crippen LogP contribution in [-0.2, 0) is 21.7 Å². The van der Waals surface area contributed by atoms with Crippen molar-refractivity contribution in [1.82, 2.24) is 4.98 Å². The minimum absolute atomic E-state index is 0.0109. The maximum absolute atomic E-state index is 5.50. The zero-order chi connectivity index (χ0) is 36.5. The molecular formula is C47H55N3. The van der Waals surface area contributed by atoms with Crippen molar-refractivity contribution in [3.63, 3.8) is 0 Å². The van der Waals surface area contributed by atoms with Crippen LogP contribution >= 0.6 is 0 Å². The van der Waals surface area contributed by atoms with Crippen LogP contribution in [0.15, 0.2) is 125 Å². The quantitative estimate of drug-likeness (QED) is 0.167. The molecule has 0 aliphatic rings. The third kappa shape index (κ3) is 8.56. The van der Waals surface area contributed by atoms with Gasteiger partial charge in [-0.2, -0.15) is 0 Å². The molecule has 0 amide bonds. The summed E-state index contributed by atoms with van der Waals surface area (Å²) in [4.78, 5) is 16.4. The van der Waals surface area contributed by atoms with Crippen molar-refractivity contribution in [3.8, 4) is 0 Å². The second kappa shape index (κ2) is 13.9. The second-order valence-electron chi connectivity index (χ2n) is 17.5. The zero-order valence-electron chi connectivity index (χ0n) is 32.3. The Morgan fingerprint density at radius 3 is 1.08 bits per heavy atom. The molecule has 0 saturated heterocycles. The van der Waals surface area contributed by atoms with Gasteiger partial charge in [-0.05, 0) is 68.2 Å². The van der Waals surface area contributed by atoms with E-state index in [0.29, 0.717) is 0 Å². The highest BCUT2D eigenvalue weighted by Crippen LogP contribution is 2.38. The van der Waals surface area contributed by atoms with Crippen molar-refractivity contribution in [2.45, 2.75) is 105 Å². The van der Waals surface area contributed by atoms with Gasteiger partial charge in [-0.3, -0.25) is 0 Å². The van der Waals surface area contributed by atoms with E-state index in [-0.39, 0.29) is 21.7 Å². The Bertz CT molecular complexity index is 1860. The van der Waals surface area contributed by atoms with E-state index in [9.17, 15) is 0 Å². The summed E-state index contributed by atoms with van der Waals surface area (Å²) in [5, 5.41) is 0. The van der Waals surface area contributed by atoms with E-state index in [2.05, 4.69) is 186 Å². The van der Waals surface area contributed by atoms with Gasteiger partial charge in [0.15, 0.2) is 0 Å². The minimum atomic E-state index is -0.0915. The smallest absolute Gasteiger partial charge is 0.0966 e. The zero-order valence-corrected chi connectivity index (χ0v) is 32.3. The fourth-order valence-electron chi connectivity index (χ4n) is 6.12. The molecule has 50 heavy (non-hydrogen) atoms. The fraction of sp³-hybridized carbons (Fsp3) is 0.340. The summed E-state index contributed by atoms with van der Waals surface area (Å²) in [6, 6.07) is 40.6. The Morgan fingerprint density at radius 1 is 0.400 bits per heavy atom. The largest absolute Gasteiger partial charge is 0.246 e. The van der Waals surface area contributed by atoms with Gasteiger partial charge in [0, 0.05) is 11.1 Å². The molecule has 5 rings (SSSR count). The SMILES string of the molecule is CC(C)(C)c1ccc(C(C)(C)C)c(N=C(c2ccccc2)c2cccc(C(=Nc3cc(C(C)(C)C)ccc3C(C)(C)C)c3ccccc3)n2)c1. The van der Waals surface area contributed by atoms with Gasteiger partial charge in [-0.15, -0.1) is 0 Å². The first-order valence-corrected chi connectivity index (χ1v) is 17.9. The first-order chi connectivity index (χ1) is 23.3. The summed E-state index contributed by atoms with van der Waals surface area (Å²) in [5.41, 5.74) is 12.0. The maximum atomic E-state index is 5.50. The Balaban J connectivity index is 1.79. The third-order valence-electron chi connectivity index (χ3n) is 9.14. The van der Waals surface area contributed by atoms with E-state index < -0.39 is 0 Å². The summed E-state index contributed by atoms with van der Waals surface area (Å²) >= 11 is 0. The molecule has 258 valence electrons. The van der Waals surface area contributed by atoms with Gasteiger partial charge in [0.1, 0.15) is 0 Å². The molecular weight excluding hydrogens is 607 g/mol. The van der Waals surface area contributed by atoms with Gasteiger partial charge in [-0.1, -0.05) is 174 Å². The van der Waals surface area contributed by atoms with Gasteiger partial charge in [-0.25, -0.2) is 15.0 Å². The van der Waals surface area contributed by atoms with Gasteiger partial charge >= 0.3 is 0 Å². The van der Waals surface area contributed by atoms with Crippen LogP contribution in [0.3, 0.4) is 0 Å². The van der Waals surface area contributed by atoms with Crippen molar-refractivity contribution in [2.24, 2.45) is 9.98 Å². The van der Waals surface area contributed by atoms with Gasteiger partial charge < -0.3 is 0 Å². The molecule has 3 nitrogen and oxygen atoms in total. The number of hydrogen-bond acceptors (Lipinski definition) is 3. The molecule has 0 saturated carbocycles. The van der Waals surface area contributed by atoms with E-state index in [0.717, 1.165) is 45.3 Å². The molecule has 0 unspecified atom stereocenters. The summed E-state index contributed by atoms with van der Waals surface area (Å²) in [6.45, 7) is 27.0. The van der Waals surface area contributed by atoms with Gasteiger partial charge in [0.05, 0.1) is 34.2 Å². The molecule has 0 atom stereocenters. The lowest BCUT2D eigenvalue weighted by atomic mass is 9.81. The van der Waals surface area contributed by atoms with Crippen LogP contribution in [0, 0.1) is 0 Å². The Hall–Kier alpha value is -4.63. The summed E-state index contributed by atoms with van der Waals surface area (Å²) in [6.07, 6.45) is 0. The average molecular weight is 662 g/mol. The summed E-state index contributed by atoms with van der Waals surface area (Å²) in [7, 11) is 0. The third-order valence-corrected chi connectivity index (χ3v) is 9.14. The monoisotopic (exact) mass is 661 g/mol. The molecule has 0 aliphatic carbocycles. The first kappa shape index (κ1) is 36.6. The second-order valence-corrected chi connectivity index (χ2v) is 17.5. The summed E-state index contributed by atoms with van der Waals surface area (Å²) in [5.74, 6) is 0.